The highest BCUT2D eigenvalue weighted by Crippen LogP contribution is 2.01. The topological polar surface area (TPSA) is 55.1 Å². The number of halogens is 1. The number of carbonyl (C=O) groups is 1. The first kappa shape index (κ1) is 15.1. The number of amides is 1. The zero-order valence-electron chi connectivity index (χ0n) is 8.68. The molecule has 3 N–H and O–H groups in total. The average molecular weight is 251 g/mol. The van der Waals surface area contributed by atoms with E-state index < -0.39 is 0 Å². The molecule has 0 radical (unpaired) electrons. The summed E-state index contributed by atoms with van der Waals surface area (Å²) >= 11 is 0. The van der Waals surface area contributed by atoms with Gasteiger partial charge in [0, 0.05) is 5.57 Å². The van der Waals surface area contributed by atoms with Gasteiger partial charge in [-0.2, -0.15) is 0 Å². The number of nitrogens with two attached hydrogens (primary N) is 1. The summed E-state index contributed by atoms with van der Waals surface area (Å²) in [5.74, 6) is -0.0654. The van der Waals surface area contributed by atoms with Crippen molar-refractivity contribution in [3.8, 4) is 0 Å². The Morgan fingerprint density at radius 2 is 1.85 bits per heavy atom. The molecule has 0 fully saturated rings. The summed E-state index contributed by atoms with van der Waals surface area (Å²) in [6.07, 6.45) is 0.522. The molecule has 0 heterocycles. The first-order valence-corrected chi connectivity index (χ1v) is 4.19. The molecule has 0 saturated heterocycles. The van der Waals surface area contributed by atoms with Crippen LogP contribution >= 0.6 is 17.0 Å². The van der Waals surface area contributed by atoms with Crippen LogP contribution in [0.2, 0.25) is 0 Å². The molecule has 0 aliphatic heterocycles. The molecule has 0 rings (SSSR count). The van der Waals surface area contributed by atoms with Crippen molar-refractivity contribution in [1.29, 1.82) is 0 Å². The van der Waals surface area contributed by atoms with E-state index in [-0.39, 0.29) is 29.1 Å². The molecule has 13 heavy (non-hydrogen) atoms. The number of carbonyl (C=O) groups excluding carboxylic acids is 1. The Hall–Kier alpha value is -0.350. The van der Waals surface area contributed by atoms with Crippen molar-refractivity contribution in [1.82, 2.24) is 5.32 Å². The minimum atomic E-state index is -0.230. The molecule has 0 spiro atoms. The summed E-state index contributed by atoms with van der Waals surface area (Å²) < 4.78 is 0. The quantitative estimate of drug-likeness (QED) is 0.593. The van der Waals surface area contributed by atoms with Crippen LogP contribution in [0.5, 0.6) is 0 Å². The van der Waals surface area contributed by atoms with Gasteiger partial charge in [-0.05, 0) is 27.2 Å². The minimum absolute atomic E-state index is 0. The smallest absolute Gasteiger partial charge is 0.248 e. The third kappa shape index (κ3) is 5.82. The maximum atomic E-state index is 11.3. The van der Waals surface area contributed by atoms with Crippen LogP contribution in [0, 0.1) is 0 Å². The third-order valence-electron chi connectivity index (χ3n) is 1.85. The predicted octanol–water partition coefficient (Wildman–Crippen LogP) is 1.73. The van der Waals surface area contributed by atoms with Gasteiger partial charge in [-0.25, -0.2) is 0 Å². The van der Waals surface area contributed by atoms with Crippen molar-refractivity contribution in [2.75, 3.05) is 0 Å². The van der Waals surface area contributed by atoms with E-state index in [2.05, 4.69) is 5.32 Å². The summed E-state index contributed by atoms with van der Waals surface area (Å²) in [7, 11) is 0. The van der Waals surface area contributed by atoms with Gasteiger partial charge in [0.15, 0.2) is 0 Å². The van der Waals surface area contributed by atoms with Gasteiger partial charge >= 0.3 is 0 Å². The fourth-order valence-corrected chi connectivity index (χ4v) is 0.606. The molecular formula is C9H19BrN2O. The summed E-state index contributed by atoms with van der Waals surface area (Å²) in [6.45, 7) is 7.55. The summed E-state index contributed by atoms with van der Waals surface area (Å²) in [5.41, 5.74) is 7.33. The minimum Gasteiger partial charge on any atom is -0.337 e. The number of allylic oxidation sites excluding steroid dienone is 1. The highest BCUT2D eigenvalue weighted by atomic mass is 79.9. The molecule has 0 aromatic rings. The van der Waals surface area contributed by atoms with Crippen LogP contribution in [0.25, 0.3) is 0 Å². The molecule has 0 saturated carbocycles. The maximum Gasteiger partial charge on any atom is 0.248 e. The van der Waals surface area contributed by atoms with Crippen LogP contribution in [0.15, 0.2) is 11.1 Å². The first-order chi connectivity index (χ1) is 5.49. The monoisotopic (exact) mass is 250 g/mol. The van der Waals surface area contributed by atoms with Gasteiger partial charge in [-0.15, -0.1) is 17.0 Å². The zero-order chi connectivity index (χ0) is 9.72. The van der Waals surface area contributed by atoms with Crippen LogP contribution in [0.4, 0.5) is 0 Å². The SMILES string of the molecule is Br.CCC(N)NC(=O)C(C)=C(C)C. The Labute approximate surface area is 90.5 Å². The summed E-state index contributed by atoms with van der Waals surface area (Å²) in [4.78, 5) is 11.3. The predicted molar refractivity (Wildman–Crippen MR) is 60.8 cm³/mol. The van der Waals surface area contributed by atoms with Gasteiger partial charge in [-0.1, -0.05) is 12.5 Å². The zero-order valence-corrected chi connectivity index (χ0v) is 10.4. The highest BCUT2D eigenvalue weighted by Gasteiger charge is 2.07. The van der Waals surface area contributed by atoms with E-state index in [4.69, 9.17) is 5.73 Å². The lowest BCUT2D eigenvalue weighted by Gasteiger charge is -2.12. The van der Waals surface area contributed by atoms with Gasteiger partial charge in [0.1, 0.15) is 0 Å². The fraction of sp³-hybridized carbons (Fsp3) is 0.667. The molecule has 4 heteroatoms. The Morgan fingerprint density at radius 3 is 2.15 bits per heavy atom. The molecule has 3 nitrogen and oxygen atoms in total. The van der Waals surface area contributed by atoms with Crippen LogP contribution in [-0.2, 0) is 4.79 Å². The lowest BCUT2D eigenvalue weighted by molar-refractivity contribution is -0.118. The average Bonchev–Trinajstić information content (AvgIpc) is 2.02. The van der Waals surface area contributed by atoms with E-state index in [9.17, 15) is 4.79 Å². The summed E-state index contributed by atoms with van der Waals surface area (Å²) in [6, 6.07) is 0. The lowest BCUT2D eigenvalue weighted by atomic mass is 10.1. The Kier molecular flexibility index (Phi) is 8.26. The maximum absolute atomic E-state index is 11.3. The van der Waals surface area contributed by atoms with Gasteiger partial charge in [0.25, 0.3) is 0 Å². The molecule has 0 aliphatic rings. The van der Waals surface area contributed by atoms with Crippen molar-refractivity contribution in [2.24, 2.45) is 5.73 Å². The molecular weight excluding hydrogens is 232 g/mol. The number of hydrogen-bond acceptors (Lipinski definition) is 2. The van der Waals surface area contributed by atoms with Crippen LogP contribution in [-0.4, -0.2) is 12.1 Å². The summed E-state index contributed by atoms with van der Waals surface area (Å²) in [5, 5.41) is 2.69. The van der Waals surface area contributed by atoms with E-state index in [0.29, 0.717) is 0 Å². The first-order valence-electron chi connectivity index (χ1n) is 4.19. The van der Waals surface area contributed by atoms with E-state index in [1.165, 1.54) is 0 Å². The normalized spacial score (nSPS) is 11.2. The van der Waals surface area contributed by atoms with Crippen LogP contribution in [0.1, 0.15) is 34.1 Å². The van der Waals surface area contributed by atoms with Gasteiger partial charge < -0.3 is 11.1 Å². The number of nitrogens with one attached hydrogen (secondary N) is 1. The second kappa shape index (κ2) is 7.09. The number of rotatable bonds is 3. The standard InChI is InChI=1S/C9H18N2O.BrH/c1-5-8(10)11-9(12)7(4)6(2)3;/h8H,5,10H2,1-4H3,(H,11,12);1H. The molecule has 0 bridgehead atoms. The van der Waals surface area contributed by atoms with Crippen LogP contribution in [0.3, 0.4) is 0 Å². The van der Waals surface area contributed by atoms with E-state index in [0.717, 1.165) is 17.6 Å². The second-order valence-electron chi connectivity index (χ2n) is 3.11. The lowest BCUT2D eigenvalue weighted by Crippen LogP contribution is -2.41. The molecule has 1 amide bonds. The van der Waals surface area contributed by atoms with E-state index >= 15 is 0 Å². The van der Waals surface area contributed by atoms with Crippen molar-refractivity contribution in [2.45, 2.75) is 40.3 Å². The number of hydrogen-bond donors (Lipinski definition) is 2. The molecule has 78 valence electrons. The van der Waals surface area contributed by atoms with Crippen molar-refractivity contribution in [3.63, 3.8) is 0 Å². The second-order valence-corrected chi connectivity index (χ2v) is 3.11. The molecule has 0 aromatic carbocycles. The third-order valence-corrected chi connectivity index (χ3v) is 1.85. The van der Waals surface area contributed by atoms with E-state index in [1.54, 1.807) is 6.92 Å². The molecule has 0 aromatic heterocycles. The van der Waals surface area contributed by atoms with E-state index in [1.807, 2.05) is 20.8 Å². The van der Waals surface area contributed by atoms with Crippen molar-refractivity contribution >= 4 is 22.9 Å². The fourth-order valence-electron chi connectivity index (χ4n) is 0.606. The van der Waals surface area contributed by atoms with Gasteiger partial charge in [-0.3, -0.25) is 4.79 Å². The molecule has 1 atom stereocenters. The Balaban J connectivity index is 0. The van der Waals surface area contributed by atoms with Gasteiger partial charge in [0.2, 0.25) is 5.91 Å². The molecule has 0 aliphatic carbocycles. The largest absolute Gasteiger partial charge is 0.337 e. The Morgan fingerprint density at radius 1 is 1.38 bits per heavy atom. The van der Waals surface area contributed by atoms with Crippen molar-refractivity contribution < 1.29 is 4.79 Å². The Bertz CT molecular complexity index is 198. The van der Waals surface area contributed by atoms with Gasteiger partial charge in [0.05, 0.1) is 6.17 Å². The highest BCUT2D eigenvalue weighted by molar-refractivity contribution is 8.93. The van der Waals surface area contributed by atoms with Crippen molar-refractivity contribution in [3.05, 3.63) is 11.1 Å². The molecule has 1 unspecified atom stereocenters. The van der Waals surface area contributed by atoms with Crippen LogP contribution < -0.4 is 11.1 Å².